The van der Waals surface area contributed by atoms with Crippen molar-refractivity contribution in [2.45, 2.75) is 40.2 Å². The molecule has 2 saturated heterocycles. The molecule has 9 nitrogen and oxygen atoms in total. The summed E-state index contributed by atoms with van der Waals surface area (Å²) in [5, 5.41) is 8.10. The van der Waals surface area contributed by atoms with Crippen LogP contribution in [0.5, 0.6) is 0 Å². The zero-order valence-corrected chi connectivity index (χ0v) is 18.2. The molecule has 5 heterocycles. The van der Waals surface area contributed by atoms with Crippen LogP contribution in [0.2, 0.25) is 0 Å². The summed E-state index contributed by atoms with van der Waals surface area (Å²) < 4.78 is 9.48. The number of rotatable bonds is 3. The number of nitrogens with zero attached hydrogens (tertiary/aromatic N) is 7. The number of aryl methyl sites for hydroxylation is 4. The minimum Gasteiger partial charge on any atom is -0.354 e. The van der Waals surface area contributed by atoms with Gasteiger partial charge in [0.2, 0.25) is 5.95 Å². The first-order chi connectivity index (χ1) is 14.4. The van der Waals surface area contributed by atoms with Crippen LogP contribution < -0.4 is 4.90 Å². The van der Waals surface area contributed by atoms with Crippen LogP contribution in [0.25, 0.3) is 10.6 Å². The van der Waals surface area contributed by atoms with Crippen LogP contribution in [-0.2, 0) is 0 Å². The van der Waals surface area contributed by atoms with E-state index in [0.717, 1.165) is 47.4 Å². The molecule has 1 amide bonds. The summed E-state index contributed by atoms with van der Waals surface area (Å²) in [6.45, 7) is 9.94. The Kier molecular flexibility index (Phi) is 4.53. The van der Waals surface area contributed by atoms with Gasteiger partial charge in [-0.25, -0.2) is 9.97 Å². The van der Waals surface area contributed by atoms with Gasteiger partial charge in [0, 0.05) is 36.9 Å². The molecule has 2 atom stereocenters. The van der Waals surface area contributed by atoms with Crippen LogP contribution in [-0.4, -0.2) is 61.2 Å². The lowest BCUT2D eigenvalue weighted by Crippen LogP contribution is -2.65. The minimum absolute atomic E-state index is 0.0526. The van der Waals surface area contributed by atoms with Crippen molar-refractivity contribution in [3.05, 3.63) is 34.4 Å². The Morgan fingerprint density at radius 3 is 2.60 bits per heavy atom. The van der Waals surface area contributed by atoms with E-state index in [1.54, 1.807) is 6.92 Å². The summed E-state index contributed by atoms with van der Waals surface area (Å²) in [4.78, 5) is 27.6. The van der Waals surface area contributed by atoms with Gasteiger partial charge in [-0.2, -0.15) is 0 Å². The van der Waals surface area contributed by atoms with E-state index in [1.807, 2.05) is 31.7 Å². The molecule has 3 aromatic heterocycles. The summed E-state index contributed by atoms with van der Waals surface area (Å²) in [7, 11) is 0. The van der Waals surface area contributed by atoms with Gasteiger partial charge in [-0.05, 0) is 51.7 Å². The van der Waals surface area contributed by atoms with Crippen LogP contribution in [0.4, 0.5) is 5.95 Å². The van der Waals surface area contributed by atoms with Gasteiger partial charge in [0.15, 0.2) is 5.76 Å². The molecule has 3 aromatic rings. The average Bonchev–Trinajstić information content (AvgIpc) is 3.26. The van der Waals surface area contributed by atoms with Crippen molar-refractivity contribution in [3.8, 4) is 10.6 Å². The topological polar surface area (TPSA) is 101 Å². The number of carbonyl (C=O) groups is 1. The number of hydrogen-bond acceptors (Lipinski definition) is 9. The summed E-state index contributed by atoms with van der Waals surface area (Å²) in [5.74, 6) is 1.74. The fourth-order valence-electron chi connectivity index (χ4n) is 4.42. The maximum Gasteiger partial charge on any atom is 0.259 e. The second-order valence-corrected chi connectivity index (χ2v) is 8.88. The van der Waals surface area contributed by atoms with E-state index in [-0.39, 0.29) is 11.9 Å². The number of amides is 1. The second kappa shape index (κ2) is 7.12. The zero-order valence-electron chi connectivity index (χ0n) is 17.4. The summed E-state index contributed by atoms with van der Waals surface area (Å²) in [6, 6.07) is 2.21. The van der Waals surface area contributed by atoms with E-state index in [1.165, 1.54) is 11.5 Å². The van der Waals surface area contributed by atoms with E-state index in [9.17, 15) is 4.79 Å². The molecule has 0 radical (unpaired) electrons. The second-order valence-electron chi connectivity index (χ2n) is 8.13. The molecular formula is C20H23N7O2S. The van der Waals surface area contributed by atoms with Gasteiger partial charge in [-0.15, -0.1) is 5.10 Å². The zero-order chi connectivity index (χ0) is 21.0. The van der Waals surface area contributed by atoms with Crippen molar-refractivity contribution < 1.29 is 9.32 Å². The Bertz CT molecular complexity index is 1100. The molecule has 2 aliphatic heterocycles. The van der Waals surface area contributed by atoms with E-state index >= 15 is 0 Å². The van der Waals surface area contributed by atoms with Crippen molar-refractivity contribution in [1.82, 2.24) is 29.6 Å². The third kappa shape index (κ3) is 3.06. The van der Waals surface area contributed by atoms with Crippen molar-refractivity contribution in [2.24, 2.45) is 5.92 Å². The number of aromatic nitrogens is 5. The molecular weight excluding hydrogens is 402 g/mol. The van der Waals surface area contributed by atoms with Crippen molar-refractivity contribution in [1.29, 1.82) is 0 Å². The highest BCUT2D eigenvalue weighted by atomic mass is 32.1. The highest BCUT2D eigenvalue weighted by molar-refractivity contribution is 7.09. The Labute approximate surface area is 178 Å². The van der Waals surface area contributed by atoms with Crippen molar-refractivity contribution >= 4 is 23.4 Å². The van der Waals surface area contributed by atoms with Crippen molar-refractivity contribution in [2.75, 3.05) is 24.5 Å². The standard InChI is InChI=1S/C20H23N7O2S/c1-10-7-11(2)22-20(21-10)27-8-14-5-6-26(9-15(14)27)19(28)16-12(3)24-29-17(16)18-13(4)23-25-30-18/h7,14-15H,5-6,8-9H2,1-4H3/t14-,15-/m0/s1. The third-order valence-corrected chi connectivity index (χ3v) is 6.83. The van der Waals surface area contributed by atoms with E-state index in [2.05, 4.69) is 29.6 Å². The Hall–Kier alpha value is -2.88. The highest BCUT2D eigenvalue weighted by Gasteiger charge is 2.45. The summed E-state index contributed by atoms with van der Waals surface area (Å²) in [6.07, 6.45) is 0.971. The molecule has 156 valence electrons. The van der Waals surface area contributed by atoms with E-state index in [0.29, 0.717) is 29.5 Å². The Balaban J connectivity index is 1.40. The lowest BCUT2D eigenvalue weighted by Gasteiger charge is -2.53. The number of likely N-dealkylation sites (tertiary alicyclic amines) is 1. The molecule has 30 heavy (non-hydrogen) atoms. The lowest BCUT2D eigenvalue weighted by molar-refractivity contribution is 0.0589. The molecule has 5 rings (SSSR count). The summed E-state index contributed by atoms with van der Waals surface area (Å²) >= 11 is 1.22. The van der Waals surface area contributed by atoms with Gasteiger partial charge >= 0.3 is 0 Å². The molecule has 2 fully saturated rings. The first-order valence-electron chi connectivity index (χ1n) is 10.1. The third-order valence-electron chi connectivity index (χ3n) is 6.00. The fourth-order valence-corrected chi connectivity index (χ4v) is 5.06. The molecule has 0 saturated carbocycles. The maximum absolute atomic E-state index is 13.5. The number of carbonyl (C=O) groups excluding carboxylic acids is 1. The molecule has 0 aromatic carbocycles. The predicted molar refractivity (Wildman–Crippen MR) is 112 cm³/mol. The molecule has 0 N–H and O–H groups in total. The molecule has 0 bridgehead atoms. The van der Waals surface area contributed by atoms with Gasteiger partial charge in [-0.1, -0.05) is 9.64 Å². The number of piperidine rings is 1. The molecule has 0 spiro atoms. The first kappa shape index (κ1) is 19.1. The van der Waals surface area contributed by atoms with Gasteiger partial charge in [-0.3, -0.25) is 4.79 Å². The smallest absolute Gasteiger partial charge is 0.259 e. The van der Waals surface area contributed by atoms with Crippen LogP contribution >= 0.6 is 11.5 Å². The monoisotopic (exact) mass is 425 g/mol. The quantitative estimate of drug-likeness (QED) is 0.631. The highest BCUT2D eigenvalue weighted by Crippen LogP contribution is 2.37. The first-order valence-corrected chi connectivity index (χ1v) is 10.8. The van der Waals surface area contributed by atoms with Crippen LogP contribution in [0.15, 0.2) is 10.6 Å². The molecule has 0 unspecified atom stereocenters. The number of hydrogen-bond donors (Lipinski definition) is 0. The largest absolute Gasteiger partial charge is 0.354 e. The van der Waals surface area contributed by atoms with E-state index < -0.39 is 0 Å². The fraction of sp³-hybridized carbons (Fsp3) is 0.500. The minimum atomic E-state index is -0.0526. The van der Waals surface area contributed by atoms with Crippen LogP contribution in [0, 0.1) is 33.6 Å². The SMILES string of the molecule is Cc1cc(C)nc(N2C[C@@H]3CCN(C(=O)c4c(C)noc4-c4snnc4C)C[C@@H]32)n1. The lowest BCUT2D eigenvalue weighted by atomic mass is 9.82. The molecule has 10 heteroatoms. The normalized spacial score (nSPS) is 20.8. The van der Waals surface area contributed by atoms with E-state index in [4.69, 9.17) is 4.52 Å². The van der Waals surface area contributed by atoms with Gasteiger partial charge < -0.3 is 14.3 Å². The van der Waals surface area contributed by atoms with Crippen molar-refractivity contribution in [3.63, 3.8) is 0 Å². The van der Waals surface area contributed by atoms with Gasteiger partial charge in [0.05, 0.1) is 17.4 Å². The maximum atomic E-state index is 13.5. The molecule has 2 aliphatic rings. The predicted octanol–water partition coefficient (Wildman–Crippen LogP) is 2.57. The van der Waals surface area contributed by atoms with Gasteiger partial charge in [0.25, 0.3) is 5.91 Å². The average molecular weight is 426 g/mol. The number of fused-ring (bicyclic) bond motifs is 1. The van der Waals surface area contributed by atoms with Gasteiger partial charge in [0.1, 0.15) is 10.4 Å². The van der Waals surface area contributed by atoms with Crippen LogP contribution in [0.3, 0.4) is 0 Å². The number of anilines is 1. The Morgan fingerprint density at radius 2 is 1.90 bits per heavy atom. The Morgan fingerprint density at radius 1 is 1.13 bits per heavy atom. The van der Waals surface area contributed by atoms with Crippen LogP contribution in [0.1, 0.15) is 39.6 Å². The molecule has 0 aliphatic carbocycles. The summed E-state index contributed by atoms with van der Waals surface area (Å²) in [5.41, 5.74) is 3.76.